The number of rotatable bonds is 5. The van der Waals surface area contributed by atoms with Gasteiger partial charge in [0.1, 0.15) is 0 Å². The Labute approximate surface area is 119 Å². The van der Waals surface area contributed by atoms with Crippen molar-refractivity contribution in [3.63, 3.8) is 0 Å². The summed E-state index contributed by atoms with van der Waals surface area (Å²) in [5, 5.41) is 1.99. The molecule has 1 aliphatic carbocycles. The van der Waals surface area contributed by atoms with Gasteiger partial charge < -0.3 is 4.90 Å². The summed E-state index contributed by atoms with van der Waals surface area (Å²) in [5.74, 6) is 1.29. The lowest BCUT2D eigenvalue weighted by Crippen LogP contribution is -2.43. The van der Waals surface area contributed by atoms with Gasteiger partial charge in [-0.25, -0.2) is 0 Å². The molecular weight excluding hydrogens is 254 g/mol. The van der Waals surface area contributed by atoms with Crippen molar-refractivity contribution in [2.75, 3.05) is 13.1 Å². The molecule has 2 nitrogen and oxygen atoms in total. The van der Waals surface area contributed by atoms with Crippen LogP contribution < -0.4 is 0 Å². The molecule has 104 valence electrons. The Balaban J connectivity index is 1.45. The van der Waals surface area contributed by atoms with Crippen molar-refractivity contribution in [3.05, 3.63) is 22.4 Å². The predicted octanol–water partition coefficient (Wildman–Crippen LogP) is 3.98. The number of nitrogens with zero attached hydrogens (tertiary/aromatic N) is 1. The number of ketones is 1. The van der Waals surface area contributed by atoms with E-state index >= 15 is 0 Å². The van der Waals surface area contributed by atoms with Gasteiger partial charge in [0.05, 0.1) is 4.88 Å². The maximum Gasteiger partial charge on any atom is 0.172 e. The van der Waals surface area contributed by atoms with E-state index in [1.165, 1.54) is 38.6 Å². The summed E-state index contributed by atoms with van der Waals surface area (Å²) < 4.78 is 0. The van der Waals surface area contributed by atoms with Crippen molar-refractivity contribution in [3.8, 4) is 0 Å². The first-order valence-corrected chi connectivity index (χ1v) is 8.53. The van der Waals surface area contributed by atoms with Gasteiger partial charge in [-0.3, -0.25) is 4.79 Å². The van der Waals surface area contributed by atoms with Crippen LogP contribution in [-0.2, 0) is 0 Å². The summed E-state index contributed by atoms with van der Waals surface area (Å²) in [4.78, 5) is 15.6. The highest BCUT2D eigenvalue weighted by Gasteiger charge is 2.34. The van der Waals surface area contributed by atoms with Gasteiger partial charge in [-0.15, -0.1) is 11.3 Å². The molecule has 1 saturated heterocycles. The largest absolute Gasteiger partial charge is 0.300 e. The van der Waals surface area contributed by atoms with E-state index in [4.69, 9.17) is 0 Å². The molecule has 1 aromatic rings. The quantitative estimate of drug-likeness (QED) is 0.759. The van der Waals surface area contributed by atoms with Crippen LogP contribution in [0, 0.1) is 5.92 Å². The number of likely N-dealkylation sites (tertiary alicyclic amines) is 1. The highest BCUT2D eigenvalue weighted by Crippen LogP contribution is 2.36. The van der Waals surface area contributed by atoms with Crippen LogP contribution in [0.3, 0.4) is 0 Å². The lowest BCUT2D eigenvalue weighted by atomic mass is 9.92. The Kier molecular flexibility index (Phi) is 4.34. The van der Waals surface area contributed by atoms with Crippen molar-refractivity contribution < 1.29 is 4.79 Å². The molecule has 1 saturated carbocycles. The lowest BCUT2D eigenvalue weighted by molar-refractivity contribution is 0.0937. The zero-order valence-corrected chi connectivity index (χ0v) is 12.3. The molecule has 2 fully saturated rings. The molecule has 3 heteroatoms. The number of thiophene rings is 1. The van der Waals surface area contributed by atoms with Crippen LogP contribution >= 0.6 is 11.3 Å². The topological polar surface area (TPSA) is 20.3 Å². The van der Waals surface area contributed by atoms with E-state index in [2.05, 4.69) is 4.90 Å². The summed E-state index contributed by atoms with van der Waals surface area (Å²) in [6, 6.07) is 4.75. The smallest absolute Gasteiger partial charge is 0.172 e. The van der Waals surface area contributed by atoms with Gasteiger partial charge in [-0.05, 0) is 62.6 Å². The fraction of sp³-hybridized carbons (Fsp3) is 0.688. The normalized spacial score (nSPS) is 27.4. The van der Waals surface area contributed by atoms with Gasteiger partial charge in [0, 0.05) is 12.5 Å². The molecule has 0 radical (unpaired) electrons. The summed E-state index contributed by atoms with van der Waals surface area (Å²) in [6.07, 6.45) is 8.79. The molecule has 2 heterocycles. The van der Waals surface area contributed by atoms with Crippen LogP contribution in [0.25, 0.3) is 0 Å². The number of Topliss-reactive ketones (excluding diaryl/α,β-unsaturated/α-hetero) is 1. The minimum Gasteiger partial charge on any atom is -0.300 e. The second kappa shape index (κ2) is 6.19. The van der Waals surface area contributed by atoms with Crippen LogP contribution in [0.15, 0.2) is 17.5 Å². The van der Waals surface area contributed by atoms with E-state index in [0.29, 0.717) is 12.2 Å². The van der Waals surface area contributed by atoms with E-state index in [1.807, 2.05) is 17.5 Å². The maximum atomic E-state index is 12.0. The van der Waals surface area contributed by atoms with Gasteiger partial charge in [-0.2, -0.15) is 0 Å². The van der Waals surface area contributed by atoms with E-state index in [-0.39, 0.29) is 0 Å². The second-order valence-electron chi connectivity index (χ2n) is 5.94. The first-order chi connectivity index (χ1) is 9.34. The predicted molar refractivity (Wildman–Crippen MR) is 79.8 cm³/mol. The Hall–Kier alpha value is -0.670. The number of carbonyl (C=O) groups is 1. The van der Waals surface area contributed by atoms with Crippen LogP contribution in [0.1, 0.15) is 54.6 Å². The molecule has 3 rings (SSSR count). The first-order valence-electron chi connectivity index (χ1n) is 7.65. The number of hydrogen-bond donors (Lipinski definition) is 0. The van der Waals surface area contributed by atoms with Crippen LogP contribution in [0.2, 0.25) is 0 Å². The van der Waals surface area contributed by atoms with E-state index < -0.39 is 0 Å². The highest BCUT2D eigenvalue weighted by atomic mass is 32.1. The molecule has 0 spiro atoms. The fourth-order valence-corrected chi connectivity index (χ4v) is 4.53. The monoisotopic (exact) mass is 277 g/mol. The minimum absolute atomic E-state index is 0.329. The first kappa shape index (κ1) is 13.3. The fourth-order valence-electron chi connectivity index (χ4n) is 3.84. The molecule has 19 heavy (non-hydrogen) atoms. The third kappa shape index (κ3) is 3.09. The van der Waals surface area contributed by atoms with Gasteiger partial charge in [0.15, 0.2) is 5.78 Å². The maximum absolute atomic E-state index is 12.0. The zero-order valence-electron chi connectivity index (χ0n) is 11.5. The van der Waals surface area contributed by atoms with Crippen molar-refractivity contribution in [1.82, 2.24) is 4.90 Å². The van der Waals surface area contributed by atoms with Crippen LogP contribution in [0.5, 0.6) is 0 Å². The molecule has 0 N–H and O–H groups in total. The van der Waals surface area contributed by atoms with Gasteiger partial charge >= 0.3 is 0 Å². The number of fused-ring (bicyclic) bond motifs is 1. The Morgan fingerprint density at radius 3 is 3.05 bits per heavy atom. The number of piperidine rings is 1. The highest BCUT2D eigenvalue weighted by molar-refractivity contribution is 7.12. The summed E-state index contributed by atoms with van der Waals surface area (Å²) in [7, 11) is 0. The SMILES string of the molecule is O=C(CCCN1CCCC2CCCC21)c1cccs1. The summed E-state index contributed by atoms with van der Waals surface area (Å²) >= 11 is 1.57. The lowest BCUT2D eigenvalue weighted by Gasteiger charge is -2.37. The summed E-state index contributed by atoms with van der Waals surface area (Å²) in [5.41, 5.74) is 0. The Bertz CT molecular complexity index is 414. The van der Waals surface area contributed by atoms with E-state index in [1.54, 1.807) is 11.3 Å². The second-order valence-corrected chi connectivity index (χ2v) is 6.89. The third-order valence-corrected chi connectivity index (χ3v) is 5.66. The van der Waals surface area contributed by atoms with Gasteiger partial charge in [0.25, 0.3) is 0 Å². The molecule has 1 aromatic heterocycles. The average Bonchev–Trinajstić information content (AvgIpc) is 3.10. The van der Waals surface area contributed by atoms with Crippen molar-refractivity contribution in [2.24, 2.45) is 5.92 Å². The molecule has 2 unspecified atom stereocenters. The van der Waals surface area contributed by atoms with E-state index in [0.717, 1.165) is 29.8 Å². The standard InChI is InChI=1S/C16H23NOS/c18-15(16-9-4-12-19-16)8-3-11-17-10-2-6-13-5-1-7-14(13)17/h4,9,12-14H,1-3,5-8,10-11H2. The van der Waals surface area contributed by atoms with Crippen LogP contribution in [-0.4, -0.2) is 29.8 Å². The molecule has 1 aliphatic heterocycles. The minimum atomic E-state index is 0.329. The zero-order chi connectivity index (χ0) is 13.1. The van der Waals surface area contributed by atoms with Crippen LogP contribution in [0.4, 0.5) is 0 Å². The van der Waals surface area contributed by atoms with Gasteiger partial charge in [0.2, 0.25) is 0 Å². The molecule has 0 amide bonds. The third-order valence-electron chi connectivity index (χ3n) is 4.75. The number of hydrogen-bond acceptors (Lipinski definition) is 3. The summed E-state index contributed by atoms with van der Waals surface area (Å²) in [6.45, 7) is 2.38. The van der Waals surface area contributed by atoms with Gasteiger partial charge in [-0.1, -0.05) is 12.5 Å². The van der Waals surface area contributed by atoms with Crippen molar-refractivity contribution >= 4 is 17.1 Å². The van der Waals surface area contributed by atoms with E-state index in [9.17, 15) is 4.79 Å². The Morgan fingerprint density at radius 2 is 2.21 bits per heavy atom. The van der Waals surface area contributed by atoms with Crippen molar-refractivity contribution in [2.45, 2.75) is 51.0 Å². The Morgan fingerprint density at radius 1 is 1.32 bits per heavy atom. The number of carbonyl (C=O) groups excluding carboxylic acids is 1. The molecule has 0 aromatic carbocycles. The molecule has 0 bridgehead atoms. The van der Waals surface area contributed by atoms with Crippen molar-refractivity contribution in [1.29, 1.82) is 0 Å². The molecular formula is C16H23NOS. The average molecular weight is 277 g/mol. The molecule has 2 aliphatic rings. The molecule has 2 atom stereocenters.